The second kappa shape index (κ2) is 7.38. The van der Waals surface area contributed by atoms with Crippen LogP contribution in [0, 0.1) is 5.92 Å². The van der Waals surface area contributed by atoms with Gasteiger partial charge in [0.25, 0.3) is 0 Å². The molecule has 1 heterocycles. The smallest absolute Gasteiger partial charge is 0.211 e. The van der Waals surface area contributed by atoms with Gasteiger partial charge in [-0.2, -0.15) is 0 Å². The summed E-state index contributed by atoms with van der Waals surface area (Å²) in [6.45, 7) is 4.41. The summed E-state index contributed by atoms with van der Waals surface area (Å²) in [6.07, 6.45) is 4.38. The Hall–Kier alpha value is -0.910. The van der Waals surface area contributed by atoms with E-state index < -0.39 is 10.0 Å². The van der Waals surface area contributed by atoms with E-state index in [2.05, 4.69) is 36.5 Å². The predicted molar refractivity (Wildman–Crippen MR) is 86.8 cm³/mol. The van der Waals surface area contributed by atoms with Crippen molar-refractivity contribution in [2.75, 3.05) is 25.9 Å². The van der Waals surface area contributed by atoms with Gasteiger partial charge in [-0.05, 0) is 44.2 Å². The van der Waals surface area contributed by atoms with Crippen LogP contribution in [0.15, 0.2) is 30.3 Å². The van der Waals surface area contributed by atoms with E-state index in [-0.39, 0.29) is 0 Å². The number of piperidine rings is 1. The van der Waals surface area contributed by atoms with Crippen LogP contribution in [-0.4, -0.2) is 44.7 Å². The van der Waals surface area contributed by atoms with E-state index in [0.717, 1.165) is 25.8 Å². The molecule has 1 aromatic carbocycles. The third-order valence-corrected chi connectivity index (χ3v) is 5.36. The normalized spacial score (nSPS) is 22.1. The molecular weight excluding hydrogens is 284 g/mol. The van der Waals surface area contributed by atoms with Crippen molar-refractivity contribution in [2.45, 2.75) is 32.2 Å². The molecule has 21 heavy (non-hydrogen) atoms. The minimum absolute atomic E-state index is 0.404. The number of rotatable bonds is 6. The van der Waals surface area contributed by atoms with Gasteiger partial charge in [-0.1, -0.05) is 30.3 Å². The number of nitrogens with one attached hydrogen (secondary N) is 1. The van der Waals surface area contributed by atoms with Gasteiger partial charge >= 0.3 is 0 Å². The van der Waals surface area contributed by atoms with Crippen molar-refractivity contribution in [3.8, 4) is 0 Å². The average molecular weight is 310 g/mol. The number of sulfonamides is 1. The molecule has 0 saturated carbocycles. The highest BCUT2D eigenvalue weighted by atomic mass is 32.2. The number of benzene rings is 1. The number of hydrogen-bond acceptors (Lipinski definition) is 3. The monoisotopic (exact) mass is 310 g/mol. The Morgan fingerprint density at radius 1 is 1.33 bits per heavy atom. The summed E-state index contributed by atoms with van der Waals surface area (Å²) in [7, 11) is -3.04. The number of nitrogens with zero attached hydrogens (tertiary/aromatic N) is 1. The van der Waals surface area contributed by atoms with Crippen molar-refractivity contribution in [2.24, 2.45) is 5.92 Å². The highest BCUT2D eigenvalue weighted by Gasteiger charge is 2.25. The van der Waals surface area contributed by atoms with Crippen LogP contribution in [-0.2, 0) is 16.4 Å². The van der Waals surface area contributed by atoms with E-state index >= 15 is 0 Å². The van der Waals surface area contributed by atoms with Crippen molar-refractivity contribution >= 4 is 10.0 Å². The predicted octanol–water partition coefficient (Wildman–Crippen LogP) is 1.88. The molecule has 1 fully saturated rings. The summed E-state index contributed by atoms with van der Waals surface area (Å²) < 4.78 is 24.8. The van der Waals surface area contributed by atoms with E-state index in [1.54, 1.807) is 4.31 Å². The maximum atomic E-state index is 11.6. The summed E-state index contributed by atoms with van der Waals surface area (Å²) in [4.78, 5) is 0. The second-order valence-electron chi connectivity index (χ2n) is 6.13. The lowest BCUT2D eigenvalue weighted by molar-refractivity contribution is 0.256. The molecule has 0 bridgehead atoms. The van der Waals surface area contributed by atoms with Gasteiger partial charge in [0.1, 0.15) is 0 Å². The lowest BCUT2D eigenvalue weighted by Crippen LogP contribution is -2.43. The van der Waals surface area contributed by atoms with Gasteiger partial charge in [0.05, 0.1) is 6.26 Å². The highest BCUT2D eigenvalue weighted by molar-refractivity contribution is 7.88. The summed E-state index contributed by atoms with van der Waals surface area (Å²) in [5.41, 5.74) is 1.33. The third kappa shape index (κ3) is 5.41. The van der Waals surface area contributed by atoms with Gasteiger partial charge < -0.3 is 5.32 Å². The molecule has 0 radical (unpaired) electrons. The molecule has 0 spiro atoms. The summed E-state index contributed by atoms with van der Waals surface area (Å²) in [6, 6.07) is 10.8. The van der Waals surface area contributed by atoms with Crippen molar-refractivity contribution < 1.29 is 8.42 Å². The molecule has 1 aliphatic heterocycles. The molecule has 1 aromatic rings. The van der Waals surface area contributed by atoms with Gasteiger partial charge in [0.2, 0.25) is 10.0 Å². The van der Waals surface area contributed by atoms with Crippen LogP contribution in [0.5, 0.6) is 0 Å². The molecule has 0 aliphatic carbocycles. The maximum Gasteiger partial charge on any atom is 0.211 e. The zero-order chi connectivity index (χ0) is 15.3. The van der Waals surface area contributed by atoms with Crippen LogP contribution < -0.4 is 5.32 Å². The Labute approximate surface area is 128 Å². The summed E-state index contributed by atoms with van der Waals surface area (Å²) in [5.74, 6) is 0.423. The summed E-state index contributed by atoms with van der Waals surface area (Å²) in [5, 5.41) is 3.55. The van der Waals surface area contributed by atoms with Crippen LogP contribution >= 0.6 is 0 Å². The largest absolute Gasteiger partial charge is 0.314 e. The Morgan fingerprint density at radius 3 is 2.71 bits per heavy atom. The van der Waals surface area contributed by atoms with Crippen LogP contribution in [0.1, 0.15) is 25.3 Å². The van der Waals surface area contributed by atoms with Gasteiger partial charge in [-0.25, -0.2) is 12.7 Å². The van der Waals surface area contributed by atoms with Crippen LogP contribution in [0.2, 0.25) is 0 Å². The Kier molecular flexibility index (Phi) is 5.79. The van der Waals surface area contributed by atoms with E-state index in [1.165, 1.54) is 11.8 Å². The summed E-state index contributed by atoms with van der Waals surface area (Å²) >= 11 is 0. The molecular formula is C16H26N2O2S. The molecule has 5 heteroatoms. The van der Waals surface area contributed by atoms with Crippen molar-refractivity contribution in [3.05, 3.63) is 35.9 Å². The molecule has 0 amide bonds. The van der Waals surface area contributed by atoms with Crippen molar-refractivity contribution in [3.63, 3.8) is 0 Å². The standard InChI is InChI=1S/C16H26N2O2S/c1-14(11-15-7-4-3-5-8-15)17-12-16-9-6-10-18(13-16)21(2,19)20/h3-5,7-8,14,16-17H,6,9-13H2,1-2H3. The molecule has 0 aromatic heterocycles. The molecule has 2 unspecified atom stereocenters. The first-order chi connectivity index (χ1) is 9.95. The van der Waals surface area contributed by atoms with Gasteiger partial charge in [-0.3, -0.25) is 0 Å². The minimum atomic E-state index is -3.04. The van der Waals surface area contributed by atoms with Gasteiger partial charge in [0.15, 0.2) is 0 Å². The van der Waals surface area contributed by atoms with Gasteiger partial charge in [0, 0.05) is 19.1 Å². The van der Waals surface area contributed by atoms with Gasteiger partial charge in [-0.15, -0.1) is 0 Å². The molecule has 1 saturated heterocycles. The Bertz CT molecular complexity index is 530. The molecule has 2 atom stereocenters. The van der Waals surface area contributed by atoms with E-state index in [0.29, 0.717) is 25.0 Å². The molecule has 4 nitrogen and oxygen atoms in total. The van der Waals surface area contributed by atoms with E-state index in [1.807, 2.05) is 6.07 Å². The maximum absolute atomic E-state index is 11.6. The molecule has 1 aliphatic rings. The first-order valence-corrected chi connectivity index (χ1v) is 9.52. The molecule has 118 valence electrons. The van der Waals surface area contributed by atoms with Crippen LogP contribution in [0.4, 0.5) is 0 Å². The topological polar surface area (TPSA) is 49.4 Å². The average Bonchev–Trinajstić information content (AvgIpc) is 2.46. The minimum Gasteiger partial charge on any atom is -0.314 e. The zero-order valence-electron chi connectivity index (χ0n) is 13.0. The zero-order valence-corrected chi connectivity index (χ0v) is 13.8. The number of hydrogen-bond donors (Lipinski definition) is 1. The first-order valence-electron chi connectivity index (χ1n) is 7.67. The highest BCUT2D eigenvalue weighted by Crippen LogP contribution is 2.18. The molecule has 1 N–H and O–H groups in total. The van der Waals surface area contributed by atoms with Crippen LogP contribution in [0.3, 0.4) is 0 Å². The van der Waals surface area contributed by atoms with Crippen molar-refractivity contribution in [1.82, 2.24) is 9.62 Å². The Morgan fingerprint density at radius 2 is 2.05 bits per heavy atom. The van der Waals surface area contributed by atoms with E-state index in [9.17, 15) is 8.42 Å². The lowest BCUT2D eigenvalue weighted by Gasteiger charge is -2.31. The fourth-order valence-electron chi connectivity index (χ4n) is 2.90. The van der Waals surface area contributed by atoms with Crippen LogP contribution in [0.25, 0.3) is 0 Å². The quantitative estimate of drug-likeness (QED) is 0.873. The van der Waals surface area contributed by atoms with Crippen molar-refractivity contribution in [1.29, 1.82) is 0 Å². The Balaban J connectivity index is 1.77. The molecule has 2 rings (SSSR count). The third-order valence-electron chi connectivity index (χ3n) is 4.09. The lowest BCUT2D eigenvalue weighted by atomic mass is 9.99. The fourth-order valence-corrected chi connectivity index (χ4v) is 3.84. The van der Waals surface area contributed by atoms with E-state index in [4.69, 9.17) is 0 Å². The SMILES string of the molecule is CC(Cc1ccccc1)NCC1CCCN(S(C)(=O)=O)C1. The first kappa shape index (κ1) is 16.5. The fraction of sp³-hybridized carbons (Fsp3) is 0.625. The second-order valence-corrected chi connectivity index (χ2v) is 8.11.